The van der Waals surface area contributed by atoms with Crippen molar-refractivity contribution >= 4 is 15.9 Å². The lowest BCUT2D eigenvalue weighted by Crippen LogP contribution is -2.16. The first-order valence-corrected chi connectivity index (χ1v) is 6.48. The van der Waals surface area contributed by atoms with Gasteiger partial charge in [-0.3, -0.25) is 4.98 Å². The van der Waals surface area contributed by atoms with Crippen LogP contribution in [0, 0.1) is 0 Å². The average Bonchev–Trinajstić information content (AvgIpc) is 2.39. The van der Waals surface area contributed by atoms with Gasteiger partial charge in [0.2, 0.25) is 0 Å². The zero-order chi connectivity index (χ0) is 11.7. The highest BCUT2D eigenvalue weighted by Gasteiger charge is 2.21. The summed E-state index contributed by atoms with van der Waals surface area (Å²) in [4.78, 5) is 4.36. The highest BCUT2D eigenvalue weighted by atomic mass is 79.9. The topological polar surface area (TPSA) is 22.1 Å². The molecule has 2 nitrogen and oxygen atoms in total. The Balaban J connectivity index is 1.90. The molecule has 0 amide bonds. The van der Waals surface area contributed by atoms with E-state index in [2.05, 4.69) is 33.0 Å². The number of halogens is 1. The SMILES string of the molecule is Brc1ccc2c(c1)OC(c1ccccn1)CC2. The van der Waals surface area contributed by atoms with Crippen LogP contribution in [-0.2, 0) is 6.42 Å². The molecule has 0 bridgehead atoms. The van der Waals surface area contributed by atoms with E-state index in [1.165, 1.54) is 5.56 Å². The lowest BCUT2D eigenvalue weighted by molar-refractivity contribution is 0.172. The van der Waals surface area contributed by atoms with Crippen LogP contribution in [0.25, 0.3) is 0 Å². The van der Waals surface area contributed by atoms with E-state index in [0.29, 0.717) is 0 Å². The second-order valence-electron chi connectivity index (χ2n) is 4.15. The summed E-state index contributed by atoms with van der Waals surface area (Å²) in [5.74, 6) is 0.973. The van der Waals surface area contributed by atoms with Crippen LogP contribution in [0.3, 0.4) is 0 Å². The fourth-order valence-corrected chi connectivity index (χ4v) is 2.46. The van der Waals surface area contributed by atoms with E-state index in [9.17, 15) is 0 Å². The van der Waals surface area contributed by atoms with Gasteiger partial charge in [0.1, 0.15) is 11.9 Å². The highest BCUT2D eigenvalue weighted by molar-refractivity contribution is 9.10. The molecule has 3 rings (SSSR count). The molecule has 0 aliphatic carbocycles. The van der Waals surface area contributed by atoms with Gasteiger partial charge in [-0.15, -0.1) is 0 Å². The van der Waals surface area contributed by atoms with Crippen molar-refractivity contribution in [1.29, 1.82) is 0 Å². The third-order valence-electron chi connectivity index (χ3n) is 2.99. The summed E-state index contributed by atoms with van der Waals surface area (Å²) in [5, 5.41) is 0. The third-order valence-corrected chi connectivity index (χ3v) is 3.49. The summed E-state index contributed by atoms with van der Waals surface area (Å²) >= 11 is 3.47. The monoisotopic (exact) mass is 289 g/mol. The van der Waals surface area contributed by atoms with Gasteiger partial charge in [-0.1, -0.05) is 28.1 Å². The van der Waals surface area contributed by atoms with Crippen molar-refractivity contribution in [3.8, 4) is 5.75 Å². The highest BCUT2D eigenvalue weighted by Crippen LogP contribution is 2.35. The fraction of sp³-hybridized carbons (Fsp3) is 0.214. The molecule has 0 saturated heterocycles. The van der Waals surface area contributed by atoms with Gasteiger partial charge in [-0.05, 0) is 42.7 Å². The minimum atomic E-state index is 0.0815. The zero-order valence-corrected chi connectivity index (χ0v) is 10.9. The zero-order valence-electron chi connectivity index (χ0n) is 9.27. The Bertz CT molecular complexity index is 527. The summed E-state index contributed by atoms with van der Waals surface area (Å²) in [6.45, 7) is 0. The van der Waals surface area contributed by atoms with Crippen LogP contribution < -0.4 is 4.74 Å². The lowest BCUT2D eigenvalue weighted by atomic mass is 10.0. The van der Waals surface area contributed by atoms with Crippen LogP contribution >= 0.6 is 15.9 Å². The number of aryl methyl sites for hydroxylation is 1. The molecule has 1 aromatic carbocycles. The molecule has 0 spiro atoms. The molecule has 2 heterocycles. The van der Waals surface area contributed by atoms with Gasteiger partial charge >= 0.3 is 0 Å². The summed E-state index contributed by atoms with van der Waals surface area (Å²) in [5.41, 5.74) is 2.29. The summed E-state index contributed by atoms with van der Waals surface area (Å²) in [7, 11) is 0. The van der Waals surface area contributed by atoms with Crippen molar-refractivity contribution < 1.29 is 4.74 Å². The number of ether oxygens (including phenoxy) is 1. The first-order chi connectivity index (χ1) is 8.33. The van der Waals surface area contributed by atoms with Crippen LogP contribution in [0.2, 0.25) is 0 Å². The van der Waals surface area contributed by atoms with Crippen LogP contribution in [0.5, 0.6) is 5.75 Å². The number of fused-ring (bicyclic) bond motifs is 1. The normalized spacial score (nSPS) is 18.3. The van der Waals surface area contributed by atoms with Gasteiger partial charge in [0.15, 0.2) is 0 Å². The van der Waals surface area contributed by atoms with Crippen molar-refractivity contribution in [1.82, 2.24) is 4.98 Å². The predicted octanol–water partition coefficient (Wildman–Crippen LogP) is 3.91. The first-order valence-electron chi connectivity index (χ1n) is 5.69. The predicted molar refractivity (Wildman–Crippen MR) is 70.1 cm³/mol. The number of aromatic nitrogens is 1. The van der Waals surface area contributed by atoms with E-state index in [-0.39, 0.29) is 6.10 Å². The molecule has 0 radical (unpaired) electrons. The second-order valence-corrected chi connectivity index (χ2v) is 5.07. The lowest BCUT2D eigenvalue weighted by Gasteiger charge is -2.25. The minimum absolute atomic E-state index is 0.0815. The Hall–Kier alpha value is -1.35. The van der Waals surface area contributed by atoms with Gasteiger partial charge in [0, 0.05) is 10.7 Å². The molecule has 3 heteroatoms. The first kappa shape index (κ1) is 10.8. The number of hydrogen-bond acceptors (Lipinski definition) is 2. The Morgan fingerprint density at radius 1 is 1.24 bits per heavy atom. The Kier molecular flexibility index (Phi) is 2.85. The Morgan fingerprint density at radius 2 is 2.18 bits per heavy atom. The molecular weight excluding hydrogens is 278 g/mol. The summed E-state index contributed by atoms with van der Waals surface area (Å²) < 4.78 is 7.06. The molecule has 0 fully saturated rings. The number of nitrogens with zero attached hydrogens (tertiary/aromatic N) is 1. The molecule has 17 heavy (non-hydrogen) atoms. The van der Waals surface area contributed by atoms with Crippen molar-refractivity contribution in [2.24, 2.45) is 0 Å². The molecule has 1 aromatic heterocycles. The van der Waals surface area contributed by atoms with Crippen molar-refractivity contribution in [2.45, 2.75) is 18.9 Å². The fourth-order valence-electron chi connectivity index (χ4n) is 2.12. The van der Waals surface area contributed by atoms with Crippen molar-refractivity contribution in [3.63, 3.8) is 0 Å². The van der Waals surface area contributed by atoms with Gasteiger partial charge in [0.25, 0.3) is 0 Å². The van der Waals surface area contributed by atoms with Gasteiger partial charge in [-0.25, -0.2) is 0 Å². The van der Waals surface area contributed by atoms with Crippen LogP contribution in [0.1, 0.15) is 23.8 Å². The van der Waals surface area contributed by atoms with Gasteiger partial charge < -0.3 is 4.74 Å². The van der Waals surface area contributed by atoms with E-state index in [1.54, 1.807) is 0 Å². The van der Waals surface area contributed by atoms with E-state index in [1.807, 2.05) is 30.5 Å². The molecule has 0 saturated carbocycles. The van der Waals surface area contributed by atoms with Crippen LogP contribution in [0.4, 0.5) is 0 Å². The summed E-state index contributed by atoms with van der Waals surface area (Å²) in [6.07, 6.45) is 3.93. The number of rotatable bonds is 1. The quantitative estimate of drug-likeness (QED) is 0.794. The van der Waals surface area contributed by atoms with Gasteiger partial charge in [0.05, 0.1) is 5.69 Å². The molecular formula is C14H12BrNO. The molecule has 1 aliphatic heterocycles. The van der Waals surface area contributed by atoms with E-state index in [0.717, 1.165) is 28.8 Å². The van der Waals surface area contributed by atoms with Crippen molar-refractivity contribution in [2.75, 3.05) is 0 Å². The number of pyridine rings is 1. The number of hydrogen-bond donors (Lipinski definition) is 0. The van der Waals surface area contributed by atoms with Crippen LogP contribution in [0.15, 0.2) is 47.1 Å². The molecule has 86 valence electrons. The Morgan fingerprint density at radius 3 is 3.00 bits per heavy atom. The molecule has 2 aromatic rings. The van der Waals surface area contributed by atoms with Crippen molar-refractivity contribution in [3.05, 3.63) is 58.3 Å². The maximum absolute atomic E-state index is 6.01. The maximum Gasteiger partial charge on any atom is 0.141 e. The minimum Gasteiger partial charge on any atom is -0.484 e. The maximum atomic E-state index is 6.01. The van der Waals surface area contributed by atoms with E-state index >= 15 is 0 Å². The number of benzene rings is 1. The third kappa shape index (κ3) is 2.20. The van der Waals surface area contributed by atoms with Crippen LogP contribution in [-0.4, -0.2) is 4.98 Å². The molecule has 1 unspecified atom stereocenters. The smallest absolute Gasteiger partial charge is 0.141 e. The molecule has 1 aliphatic rings. The second kappa shape index (κ2) is 4.49. The van der Waals surface area contributed by atoms with E-state index < -0.39 is 0 Å². The average molecular weight is 290 g/mol. The van der Waals surface area contributed by atoms with E-state index in [4.69, 9.17) is 4.74 Å². The Labute approximate surface area is 109 Å². The van der Waals surface area contributed by atoms with Gasteiger partial charge in [-0.2, -0.15) is 0 Å². The summed E-state index contributed by atoms with van der Waals surface area (Å²) in [6, 6.07) is 12.2. The molecule has 1 atom stereocenters. The standard InChI is InChI=1S/C14H12BrNO/c15-11-6-4-10-5-7-13(17-14(10)9-11)12-3-1-2-8-16-12/h1-4,6,8-9,13H,5,7H2. The largest absolute Gasteiger partial charge is 0.484 e. The molecule has 0 N–H and O–H groups in total.